The second-order valence-corrected chi connectivity index (χ2v) is 2.39. The molecule has 2 rings (SSSR count). The van der Waals surface area contributed by atoms with Gasteiger partial charge in [-0.2, -0.15) is 5.10 Å². The van der Waals surface area contributed by atoms with E-state index in [0.29, 0.717) is 11.2 Å². The third kappa shape index (κ3) is 0.941. The smallest absolute Gasteiger partial charge is 0.0924 e. The molecule has 0 radical (unpaired) electrons. The Morgan fingerprint density at radius 2 is 2.55 bits per heavy atom. The summed E-state index contributed by atoms with van der Waals surface area (Å²) in [7, 11) is 0. The maximum atomic E-state index is 7.16. The van der Waals surface area contributed by atoms with Crippen LogP contribution in [0.3, 0.4) is 0 Å². The van der Waals surface area contributed by atoms with E-state index >= 15 is 0 Å². The lowest BCUT2D eigenvalue weighted by atomic mass is 10.2. The largest absolute Gasteiger partial charge is 0.399 e. The maximum absolute atomic E-state index is 7.16. The van der Waals surface area contributed by atoms with Gasteiger partial charge in [0.2, 0.25) is 0 Å². The number of anilines is 1. The fraction of sp³-hybridized carbons (Fsp3) is 0.125. The van der Waals surface area contributed by atoms with E-state index in [-0.39, 0.29) is 0 Å². The van der Waals surface area contributed by atoms with Crippen molar-refractivity contribution >= 4 is 16.6 Å². The number of fused-ring (bicyclic) bond motifs is 1. The molecule has 0 saturated carbocycles. The summed E-state index contributed by atoms with van der Waals surface area (Å²) in [6.07, 6.45) is 1.47. The first-order valence-electron chi connectivity index (χ1n) is 4.72. The van der Waals surface area contributed by atoms with Crippen molar-refractivity contribution in [1.29, 1.82) is 0 Å². The molecule has 1 aromatic carbocycles. The highest BCUT2D eigenvalue weighted by atomic mass is 15.2. The predicted molar refractivity (Wildman–Crippen MR) is 45.1 cm³/mol. The van der Waals surface area contributed by atoms with Gasteiger partial charge < -0.3 is 5.73 Å². The first kappa shape index (κ1) is 3.76. The van der Waals surface area contributed by atoms with Crippen LogP contribution in [0.2, 0.25) is 0 Å². The summed E-state index contributed by atoms with van der Waals surface area (Å²) < 4.78 is 22.5. The summed E-state index contributed by atoms with van der Waals surface area (Å²) in [6.45, 7) is -2.23. The Kier molecular flexibility index (Phi) is 0.678. The van der Waals surface area contributed by atoms with Crippen LogP contribution in [0.5, 0.6) is 0 Å². The lowest BCUT2D eigenvalue weighted by Crippen LogP contribution is -1.84. The summed E-state index contributed by atoms with van der Waals surface area (Å²) in [5, 5.41) is 4.66. The third-order valence-corrected chi connectivity index (χ3v) is 1.53. The minimum absolute atomic E-state index is 0.600. The topological polar surface area (TPSA) is 43.8 Å². The van der Waals surface area contributed by atoms with Crippen LogP contribution in [-0.4, -0.2) is 9.78 Å². The van der Waals surface area contributed by atoms with E-state index in [2.05, 4.69) is 5.10 Å². The second kappa shape index (κ2) is 1.99. The maximum Gasteiger partial charge on any atom is 0.0924 e. The Labute approximate surface area is 68.6 Å². The molecular formula is C8H9N3. The van der Waals surface area contributed by atoms with Crippen LogP contribution in [0.15, 0.2) is 24.4 Å². The zero-order chi connectivity index (χ0) is 10.3. The van der Waals surface area contributed by atoms with Crippen molar-refractivity contribution in [3.63, 3.8) is 0 Å². The van der Waals surface area contributed by atoms with Gasteiger partial charge in [-0.25, -0.2) is 0 Å². The van der Waals surface area contributed by atoms with Gasteiger partial charge >= 0.3 is 0 Å². The Balaban J connectivity index is 2.63. The molecule has 2 N–H and O–H groups in total. The van der Waals surface area contributed by atoms with Gasteiger partial charge in [0.15, 0.2) is 0 Å². The molecule has 0 aliphatic carbocycles. The van der Waals surface area contributed by atoms with Crippen molar-refractivity contribution in [2.45, 2.75) is 0 Å². The molecular weight excluding hydrogens is 138 g/mol. The molecule has 3 heteroatoms. The predicted octanol–water partition coefficient (Wildman–Crippen LogP) is 1.16. The monoisotopic (exact) mass is 150 g/mol. The fourth-order valence-electron chi connectivity index (χ4n) is 1.04. The molecule has 1 heterocycles. The number of benzene rings is 1. The summed E-state index contributed by atoms with van der Waals surface area (Å²) in [5.41, 5.74) is 6.80. The normalized spacial score (nSPS) is 15.8. The molecule has 56 valence electrons. The van der Waals surface area contributed by atoms with Gasteiger partial charge in [0.25, 0.3) is 0 Å². The number of nitrogen functional groups attached to an aromatic ring is 1. The van der Waals surface area contributed by atoms with E-state index < -0.39 is 6.98 Å². The number of hydrogen-bond acceptors (Lipinski definition) is 2. The van der Waals surface area contributed by atoms with Gasteiger partial charge in [0, 0.05) is 28.4 Å². The minimum Gasteiger partial charge on any atom is -0.399 e. The molecule has 1 aromatic heterocycles. The minimum atomic E-state index is -2.23. The highest BCUT2D eigenvalue weighted by molar-refractivity contribution is 5.81. The van der Waals surface area contributed by atoms with E-state index in [1.54, 1.807) is 18.2 Å². The zero-order valence-corrected chi connectivity index (χ0v) is 5.78. The van der Waals surface area contributed by atoms with Crippen molar-refractivity contribution in [2.75, 3.05) is 5.73 Å². The van der Waals surface area contributed by atoms with Crippen LogP contribution in [-0.2, 0) is 6.98 Å². The highest BCUT2D eigenvalue weighted by Gasteiger charge is 1.96. The Morgan fingerprint density at radius 1 is 1.64 bits per heavy atom. The van der Waals surface area contributed by atoms with E-state index in [4.69, 9.17) is 9.85 Å². The van der Waals surface area contributed by atoms with E-state index in [0.717, 1.165) is 10.1 Å². The van der Waals surface area contributed by atoms with Gasteiger partial charge in [0.05, 0.1) is 5.52 Å². The van der Waals surface area contributed by atoms with Crippen LogP contribution in [0, 0.1) is 0 Å². The first-order valence-corrected chi connectivity index (χ1v) is 3.22. The molecule has 0 unspecified atom stereocenters. The van der Waals surface area contributed by atoms with E-state index in [1.165, 1.54) is 6.20 Å². The molecule has 0 fully saturated rings. The summed E-state index contributed by atoms with van der Waals surface area (Å²) >= 11 is 0. The lowest BCUT2D eigenvalue weighted by molar-refractivity contribution is 0.780. The molecule has 0 atom stereocenters. The van der Waals surface area contributed by atoms with Gasteiger partial charge in [0.1, 0.15) is 0 Å². The highest BCUT2D eigenvalue weighted by Crippen LogP contribution is 2.14. The quantitative estimate of drug-likeness (QED) is 0.572. The summed E-state index contributed by atoms with van der Waals surface area (Å²) in [5.74, 6) is 0. The van der Waals surface area contributed by atoms with Gasteiger partial charge in [-0.15, -0.1) is 0 Å². The standard InChI is InChI=1S/C8H9N3/c1-11-5-6-4-7(9)2-3-8(6)10-11/h2-5H,9H2,1H3/i1D3. The number of rotatable bonds is 0. The molecule has 2 aromatic rings. The summed E-state index contributed by atoms with van der Waals surface area (Å²) in [6, 6.07) is 5.09. The van der Waals surface area contributed by atoms with E-state index in [9.17, 15) is 0 Å². The average Bonchev–Trinajstić information content (AvgIpc) is 2.45. The molecule has 0 amide bonds. The lowest BCUT2D eigenvalue weighted by Gasteiger charge is -1.88. The van der Waals surface area contributed by atoms with Crippen molar-refractivity contribution in [1.82, 2.24) is 9.78 Å². The van der Waals surface area contributed by atoms with Crippen LogP contribution in [0.25, 0.3) is 10.9 Å². The summed E-state index contributed by atoms with van der Waals surface area (Å²) in [4.78, 5) is 0. The Morgan fingerprint density at radius 3 is 3.36 bits per heavy atom. The van der Waals surface area contributed by atoms with Crippen molar-refractivity contribution in [3.05, 3.63) is 24.4 Å². The molecule has 0 aliphatic rings. The SMILES string of the molecule is [2H]C([2H])([2H])n1cc2cc(N)ccc2n1. The van der Waals surface area contributed by atoms with Crippen molar-refractivity contribution in [3.8, 4) is 0 Å². The van der Waals surface area contributed by atoms with Crippen molar-refractivity contribution in [2.24, 2.45) is 6.98 Å². The fourth-order valence-corrected chi connectivity index (χ4v) is 1.04. The molecule has 0 bridgehead atoms. The van der Waals surface area contributed by atoms with Crippen LogP contribution < -0.4 is 5.73 Å². The van der Waals surface area contributed by atoms with Gasteiger partial charge in [-0.1, -0.05) is 0 Å². The Hall–Kier alpha value is -1.51. The van der Waals surface area contributed by atoms with Crippen LogP contribution >= 0.6 is 0 Å². The number of aromatic nitrogens is 2. The molecule has 0 saturated heterocycles. The first-order chi connectivity index (χ1) is 6.47. The number of nitrogens with two attached hydrogens (primary N) is 1. The second-order valence-electron chi connectivity index (χ2n) is 2.39. The van der Waals surface area contributed by atoms with Gasteiger partial charge in [-0.05, 0) is 18.2 Å². The van der Waals surface area contributed by atoms with Crippen LogP contribution in [0.1, 0.15) is 4.11 Å². The van der Waals surface area contributed by atoms with Crippen LogP contribution in [0.4, 0.5) is 5.69 Å². The number of hydrogen-bond donors (Lipinski definition) is 1. The van der Waals surface area contributed by atoms with Crippen molar-refractivity contribution < 1.29 is 4.11 Å². The molecule has 11 heavy (non-hydrogen) atoms. The Bertz CT molecular complexity index is 472. The molecule has 0 spiro atoms. The van der Waals surface area contributed by atoms with Gasteiger partial charge in [-0.3, -0.25) is 4.68 Å². The van der Waals surface area contributed by atoms with E-state index in [1.807, 2.05) is 0 Å². The number of nitrogens with zero attached hydrogens (tertiary/aromatic N) is 2. The molecule has 3 nitrogen and oxygen atoms in total. The third-order valence-electron chi connectivity index (χ3n) is 1.53. The average molecular weight is 150 g/mol. The number of aryl methyl sites for hydroxylation is 1. The molecule has 0 aliphatic heterocycles. The zero-order valence-electron chi connectivity index (χ0n) is 8.78.